The summed E-state index contributed by atoms with van der Waals surface area (Å²) in [5.41, 5.74) is 0.452. The van der Waals surface area contributed by atoms with E-state index in [-0.39, 0.29) is 6.54 Å². The van der Waals surface area contributed by atoms with Crippen LogP contribution in [0.2, 0.25) is 0 Å². The Morgan fingerprint density at radius 1 is 1.53 bits per heavy atom. The van der Waals surface area contributed by atoms with Gasteiger partial charge >= 0.3 is 5.97 Å². The van der Waals surface area contributed by atoms with Crippen molar-refractivity contribution in [1.29, 1.82) is 0 Å². The highest BCUT2D eigenvalue weighted by molar-refractivity contribution is 9.09. The van der Waals surface area contributed by atoms with E-state index in [9.17, 15) is 4.79 Å². The number of rotatable bonds is 3. The molecule has 1 aliphatic carbocycles. The minimum absolute atomic E-state index is 0.223. The average Bonchev–Trinajstić information content (AvgIpc) is 2.74. The van der Waals surface area contributed by atoms with Gasteiger partial charge in [-0.25, -0.2) is 0 Å². The van der Waals surface area contributed by atoms with Crippen LogP contribution in [0, 0.1) is 11.3 Å². The van der Waals surface area contributed by atoms with Crippen LogP contribution in [-0.4, -0.2) is 40.9 Å². The molecule has 2 rings (SSSR count). The van der Waals surface area contributed by atoms with Crippen LogP contribution in [0.4, 0.5) is 0 Å². The predicted molar refractivity (Wildman–Crippen MR) is 62.3 cm³/mol. The molecule has 1 aliphatic heterocycles. The standard InChI is InChI=1S/C11H18BrNO2/c12-6-9-1-2-11(5-9)3-4-13(8-11)7-10(14)15/h9H,1-8H2,(H,14,15)/t9-,11-/m1/s1. The largest absolute Gasteiger partial charge is 0.480 e. The third-order valence-corrected chi connectivity index (χ3v) is 4.81. The zero-order chi connectivity index (χ0) is 10.9. The fourth-order valence-corrected chi connectivity index (χ4v) is 3.74. The number of carboxylic acid groups (broad SMARTS) is 1. The van der Waals surface area contributed by atoms with Gasteiger partial charge in [0.1, 0.15) is 0 Å². The highest BCUT2D eigenvalue weighted by Crippen LogP contribution is 2.48. The van der Waals surface area contributed by atoms with Gasteiger partial charge in [0.2, 0.25) is 0 Å². The monoisotopic (exact) mass is 275 g/mol. The summed E-state index contributed by atoms with van der Waals surface area (Å²) in [7, 11) is 0. The first-order valence-electron chi connectivity index (χ1n) is 5.64. The van der Waals surface area contributed by atoms with Crippen molar-refractivity contribution in [2.75, 3.05) is 25.0 Å². The van der Waals surface area contributed by atoms with Gasteiger partial charge in [-0.1, -0.05) is 15.9 Å². The number of likely N-dealkylation sites (tertiary alicyclic amines) is 1. The molecule has 2 fully saturated rings. The summed E-state index contributed by atoms with van der Waals surface area (Å²) in [5, 5.41) is 9.86. The van der Waals surface area contributed by atoms with Crippen molar-refractivity contribution >= 4 is 21.9 Å². The van der Waals surface area contributed by atoms with Gasteiger partial charge in [0, 0.05) is 11.9 Å². The average molecular weight is 276 g/mol. The van der Waals surface area contributed by atoms with E-state index in [0.717, 1.165) is 24.3 Å². The number of hydrogen-bond acceptors (Lipinski definition) is 2. The lowest BCUT2D eigenvalue weighted by molar-refractivity contribution is -0.138. The molecule has 0 amide bonds. The van der Waals surface area contributed by atoms with E-state index in [1.165, 1.54) is 25.7 Å². The number of halogens is 1. The van der Waals surface area contributed by atoms with E-state index < -0.39 is 5.97 Å². The zero-order valence-corrected chi connectivity index (χ0v) is 10.5. The normalized spacial score (nSPS) is 36.5. The highest BCUT2D eigenvalue weighted by atomic mass is 79.9. The Morgan fingerprint density at radius 3 is 2.93 bits per heavy atom. The molecule has 15 heavy (non-hydrogen) atoms. The van der Waals surface area contributed by atoms with E-state index in [2.05, 4.69) is 20.8 Å². The Bertz CT molecular complexity index is 259. The van der Waals surface area contributed by atoms with Gasteiger partial charge in [-0.05, 0) is 43.6 Å². The van der Waals surface area contributed by atoms with Gasteiger partial charge in [-0.15, -0.1) is 0 Å². The topological polar surface area (TPSA) is 40.5 Å². The second-order valence-electron chi connectivity index (χ2n) is 5.12. The van der Waals surface area contributed by atoms with Crippen LogP contribution >= 0.6 is 15.9 Å². The maximum absolute atomic E-state index is 10.6. The fraction of sp³-hybridized carbons (Fsp3) is 0.909. The predicted octanol–water partition coefficient (Wildman–Crippen LogP) is 1.96. The third-order valence-electron chi connectivity index (χ3n) is 3.90. The molecule has 0 aromatic rings. The van der Waals surface area contributed by atoms with Crippen LogP contribution in [0.5, 0.6) is 0 Å². The first-order valence-corrected chi connectivity index (χ1v) is 6.76. The third kappa shape index (κ3) is 2.53. The number of carbonyl (C=O) groups is 1. The Labute approximate surface area is 99.0 Å². The highest BCUT2D eigenvalue weighted by Gasteiger charge is 2.43. The molecular formula is C11H18BrNO2. The van der Waals surface area contributed by atoms with Gasteiger partial charge in [0.25, 0.3) is 0 Å². The van der Waals surface area contributed by atoms with Gasteiger partial charge in [0.05, 0.1) is 6.54 Å². The smallest absolute Gasteiger partial charge is 0.317 e. The summed E-state index contributed by atoms with van der Waals surface area (Å²) in [4.78, 5) is 12.7. The van der Waals surface area contributed by atoms with Gasteiger partial charge in [-0.3, -0.25) is 9.69 Å². The van der Waals surface area contributed by atoms with Crippen LogP contribution in [0.1, 0.15) is 25.7 Å². The molecular weight excluding hydrogens is 258 g/mol. The molecule has 1 spiro atoms. The van der Waals surface area contributed by atoms with Crippen molar-refractivity contribution in [3.63, 3.8) is 0 Å². The van der Waals surface area contributed by atoms with E-state index in [4.69, 9.17) is 5.11 Å². The fourth-order valence-electron chi connectivity index (χ4n) is 3.18. The van der Waals surface area contributed by atoms with E-state index in [1.807, 2.05) is 0 Å². The van der Waals surface area contributed by atoms with Crippen molar-refractivity contribution < 1.29 is 9.90 Å². The second kappa shape index (κ2) is 4.42. The summed E-state index contributed by atoms with van der Waals surface area (Å²) >= 11 is 3.55. The number of aliphatic carboxylic acids is 1. The van der Waals surface area contributed by atoms with Gasteiger partial charge in [-0.2, -0.15) is 0 Å². The Morgan fingerprint density at radius 2 is 2.33 bits per heavy atom. The summed E-state index contributed by atoms with van der Waals surface area (Å²) in [6, 6.07) is 0. The minimum Gasteiger partial charge on any atom is -0.480 e. The van der Waals surface area contributed by atoms with Crippen LogP contribution in [0.15, 0.2) is 0 Å². The van der Waals surface area contributed by atoms with Crippen molar-refractivity contribution in [3.8, 4) is 0 Å². The Kier molecular flexibility index (Phi) is 3.36. The summed E-state index contributed by atoms with van der Waals surface area (Å²) in [6.07, 6.45) is 5.09. The molecule has 0 radical (unpaired) electrons. The molecule has 0 bridgehead atoms. The molecule has 86 valence electrons. The first kappa shape index (κ1) is 11.4. The summed E-state index contributed by atoms with van der Waals surface area (Å²) < 4.78 is 0. The number of alkyl halides is 1. The molecule has 0 unspecified atom stereocenters. The molecule has 0 aromatic carbocycles. The van der Waals surface area contributed by atoms with Crippen LogP contribution in [0.3, 0.4) is 0 Å². The van der Waals surface area contributed by atoms with E-state index >= 15 is 0 Å². The quantitative estimate of drug-likeness (QED) is 0.801. The molecule has 0 aromatic heterocycles. The molecule has 1 N–H and O–H groups in total. The van der Waals surface area contributed by atoms with Crippen LogP contribution in [0.25, 0.3) is 0 Å². The van der Waals surface area contributed by atoms with E-state index in [0.29, 0.717) is 5.41 Å². The number of hydrogen-bond donors (Lipinski definition) is 1. The zero-order valence-electron chi connectivity index (χ0n) is 8.91. The molecule has 3 nitrogen and oxygen atoms in total. The molecule has 1 saturated carbocycles. The second-order valence-corrected chi connectivity index (χ2v) is 5.77. The Hall–Kier alpha value is -0.0900. The maximum atomic E-state index is 10.6. The van der Waals surface area contributed by atoms with Crippen molar-refractivity contribution in [1.82, 2.24) is 4.90 Å². The van der Waals surface area contributed by atoms with E-state index in [1.54, 1.807) is 0 Å². The van der Waals surface area contributed by atoms with Crippen molar-refractivity contribution in [3.05, 3.63) is 0 Å². The first-order chi connectivity index (χ1) is 7.13. The van der Waals surface area contributed by atoms with Gasteiger partial charge in [0.15, 0.2) is 0 Å². The molecule has 1 heterocycles. The van der Waals surface area contributed by atoms with Crippen LogP contribution in [-0.2, 0) is 4.79 Å². The maximum Gasteiger partial charge on any atom is 0.317 e. The van der Waals surface area contributed by atoms with Gasteiger partial charge < -0.3 is 5.11 Å². The Balaban J connectivity index is 1.89. The molecule has 1 saturated heterocycles. The minimum atomic E-state index is -0.693. The summed E-state index contributed by atoms with van der Waals surface area (Å²) in [6.45, 7) is 2.20. The lowest BCUT2D eigenvalue weighted by Crippen LogP contribution is -2.30. The van der Waals surface area contributed by atoms with Crippen LogP contribution < -0.4 is 0 Å². The van der Waals surface area contributed by atoms with Crippen molar-refractivity contribution in [2.45, 2.75) is 25.7 Å². The SMILES string of the molecule is O=C(O)CN1CC[C@@]2(CC[C@@H](CBr)C2)C1. The summed E-state index contributed by atoms with van der Waals surface area (Å²) in [5.74, 6) is 0.122. The lowest BCUT2D eigenvalue weighted by Gasteiger charge is -2.23. The van der Waals surface area contributed by atoms with Crippen molar-refractivity contribution in [2.24, 2.45) is 11.3 Å². The molecule has 4 heteroatoms. The number of nitrogens with zero attached hydrogens (tertiary/aromatic N) is 1. The molecule has 2 atom stereocenters. The molecule has 2 aliphatic rings. The number of carboxylic acids is 1. The lowest BCUT2D eigenvalue weighted by atomic mass is 9.85.